The van der Waals surface area contributed by atoms with Crippen LogP contribution >= 0.6 is 0 Å². The zero-order valence-electron chi connectivity index (χ0n) is 10.4. The Morgan fingerprint density at radius 3 is 2.75 bits per heavy atom. The van der Waals surface area contributed by atoms with Gasteiger partial charge in [-0.25, -0.2) is 4.98 Å². The third-order valence-corrected chi connectivity index (χ3v) is 2.34. The fraction of sp³-hybridized carbons (Fsp3) is 0.636. The molecule has 0 spiro atoms. The van der Waals surface area contributed by atoms with Gasteiger partial charge in [-0.3, -0.25) is 0 Å². The molecule has 5 nitrogen and oxygen atoms in total. The van der Waals surface area contributed by atoms with E-state index < -0.39 is 0 Å². The van der Waals surface area contributed by atoms with E-state index in [0.717, 1.165) is 24.5 Å². The van der Waals surface area contributed by atoms with Gasteiger partial charge in [-0.05, 0) is 20.3 Å². The highest BCUT2D eigenvalue weighted by Crippen LogP contribution is 2.13. The summed E-state index contributed by atoms with van der Waals surface area (Å²) in [4.78, 5) is 10.6. The van der Waals surface area contributed by atoms with Crippen LogP contribution < -0.4 is 10.2 Å². The summed E-state index contributed by atoms with van der Waals surface area (Å²) >= 11 is 0. The summed E-state index contributed by atoms with van der Waals surface area (Å²) in [5.41, 5.74) is 0.929. The topological polar surface area (TPSA) is 61.3 Å². The Hall–Kier alpha value is -1.36. The average molecular weight is 224 g/mol. The van der Waals surface area contributed by atoms with Gasteiger partial charge in [0.05, 0.1) is 6.10 Å². The van der Waals surface area contributed by atoms with E-state index in [1.807, 2.05) is 24.9 Å². The quantitative estimate of drug-likeness (QED) is 0.782. The minimum atomic E-state index is -0.283. The standard InChI is InChI=1S/C11H20N4O/c1-8-7-10(14-11(12-3)13-8)15(4)6-5-9(2)16/h7,9,16H,5-6H2,1-4H3,(H,12,13,14). The smallest absolute Gasteiger partial charge is 0.224 e. The van der Waals surface area contributed by atoms with Crippen LogP contribution in [0.3, 0.4) is 0 Å². The lowest BCUT2D eigenvalue weighted by Crippen LogP contribution is -2.23. The van der Waals surface area contributed by atoms with Crippen LogP contribution in [0.25, 0.3) is 0 Å². The van der Waals surface area contributed by atoms with E-state index in [0.29, 0.717) is 5.95 Å². The van der Waals surface area contributed by atoms with Gasteiger partial charge < -0.3 is 15.3 Å². The van der Waals surface area contributed by atoms with Crippen LogP contribution in [0.5, 0.6) is 0 Å². The molecule has 0 fully saturated rings. The molecule has 2 N–H and O–H groups in total. The fourth-order valence-electron chi connectivity index (χ4n) is 1.35. The number of aliphatic hydroxyl groups excluding tert-OH is 1. The Labute approximate surface area is 96.5 Å². The summed E-state index contributed by atoms with van der Waals surface area (Å²) in [6.07, 6.45) is 0.447. The number of rotatable bonds is 5. The molecule has 0 saturated heterocycles. The number of hydrogen-bond donors (Lipinski definition) is 2. The van der Waals surface area contributed by atoms with E-state index in [1.54, 1.807) is 14.0 Å². The first-order chi connectivity index (χ1) is 7.52. The summed E-state index contributed by atoms with van der Waals surface area (Å²) in [6, 6.07) is 1.93. The van der Waals surface area contributed by atoms with E-state index in [4.69, 9.17) is 0 Å². The summed E-state index contributed by atoms with van der Waals surface area (Å²) < 4.78 is 0. The highest BCUT2D eigenvalue weighted by Gasteiger charge is 2.07. The Morgan fingerprint density at radius 1 is 1.50 bits per heavy atom. The highest BCUT2D eigenvalue weighted by atomic mass is 16.3. The van der Waals surface area contributed by atoms with Gasteiger partial charge in [0.25, 0.3) is 0 Å². The number of nitrogens with one attached hydrogen (secondary N) is 1. The fourth-order valence-corrected chi connectivity index (χ4v) is 1.35. The van der Waals surface area contributed by atoms with Crippen molar-refractivity contribution in [3.8, 4) is 0 Å². The SMILES string of the molecule is CNc1nc(C)cc(N(C)CCC(C)O)n1. The van der Waals surface area contributed by atoms with Crippen molar-refractivity contribution in [2.75, 3.05) is 30.9 Å². The van der Waals surface area contributed by atoms with E-state index in [-0.39, 0.29) is 6.10 Å². The molecule has 0 saturated carbocycles. The molecular formula is C11H20N4O. The van der Waals surface area contributed by atoms with Crippen LogP contribution in [-0.2, 0) is 0 Å². The molecule has 0 bridgehead atoms. The third-order valence-electron chi connectivity index (χ3n) is 2.34. The first-order valence-electron chi connectivity index (χ1n) is 5.45. The van der Waals surface area contributed by atoms with Gasteiger partial charge >= 0.3 is 0 Å². The first kappa shape index (κ1) is 12.7. The summed E-state index contributed by atoms with van der Waals surface area (Å²) in [7, 11) is 3.76. The van der Waals surface area contributed by atoms with Gasteiger partial charge in [0.2, 0.25) is 5.95 Å². The van der Waals surface area contributed by atoms with Gasteiger partial charge in [0.15, 0.2) is 0 Å². The average Bonchev–Trinajstić information content (AvgIpc) is 2.24. The normalized spacial score (nSPS) is 12.3. The number of aryl methyl sites for hydroxylation is 1. The maximum atomic E-state index is 9.23. The highest BCUT2D eigenvalue weighted by molar-refractivity contribution is 5.43. The maximum absolute atomic E-state index is 9.23. The van der Waals surface area contributed by atoms with Crippen molar-refractivity contribution >= 4 is 11.8 Å². The van der Waals surface area contributed by atoms with Crippen LogP contribution in [0.1, 0.15) is 19.0 Å². The molecular weight excluding hydrogens is 204 g/mol. The third kappa shape index (κ3) is 3.66. The molecule has 5 heteroatoms. The Kier molecular flexibility index (Phi) is 4.49. The van der Waals surface area contributed by atoms with E-state index in [2.05, 4.69) is 15.3 Å². The Morgan fingerprint density at radius 2 is 2.19 bits per heavy atom. The second-order valence-electron chi connectivity index (χ2n) is 4.00. The van der Waals surface area contributed by atoms with Gasteiger partial charge in [-0.1, -0.05) is 0 Å². The zero-order chi connectivity index (χ0) is 12.1. The van der Waals surface area contributed by atoms with E-state index in [9.17, 15) is 5.11 Å². The van der Waals surface area contributed by atoms with Crippen LogP contribution in [-0.4, -0.2) is 41.8 Å². The molecule has 1 heterocycles. The molecule has 0 aliphatic carbocycles. The van der Waals surface area contributed by atoms with Crippen molar-refractivity contribution in [3.63, 3.8) is 0 Å². The molecule has 1 aromatic rings. The summed E-state index contributed by atoms with van der Waals surface area (Å²) in [6.45, 7) is 4.50. The van der Waals surface area contributed by atoms with Crippen LogP contribution in [0.4, 0.5) is 11.8 Å². The predicted molar refractivity (Wildman–Crippen MR) is 65.9 cm³/mol. The number of aromatic nitrogens is 2. The molecule has 1 aromatic heterocycles. The predicted octanol–water partition coefficient (Wildman–Crippen LogP) is 1.03. The summed E-state index contributed by atoms with van der Waals surface area (Å²) in [5, 5.41) is 12.2. The molecule has 0 aromatic carbocycles. The van der Waals surface area contributed by atoms with Crippen LogP contribution in [0.15, 0.2) is 6.07 Å². The van der Waals surface area contributed by atoms with Gasteiger partial charge in [0.1, 0.15) is 5.82 Å². The maximum Gasteiger partial charge on any atom is 0.224 e. The molecule has 1 rings (SSSR count). The monoisotopic (exact) mass is 224 g/mol. The Balaban J connectivity index is 2.74. The first-order valence-corrected chi connectivity index (χ1v) is 5.45. The molecule has 16 heavy (non-hydrogen) atoms. The van der Waals surface area contributed by atoms with Gasteiger partial charge in [0, 0.05) is 32.4 Å². The molecule has 90 valence electrons. The van der Waals surface area contributed by atoms with Crippen molar-refractivity contribution in [1.29, 1.82) is 0 Å². The minimum Gasteiger partial charge on any atom is -0.393 e. The Bertz CT molecular complexity index is 341. The lowest BCUT2D eigenvalue weighted by Gasteiger charge is -2.19. The second kappa shape index (κ2) is 5.65. The number of hydrogen-bond acceptors (Lipinski definition) is 5. The lowest BCUT2D eigenvalue weighted by molar-refractivity contribution is 0.187. The molecule has 0 radical (unpaired) electrons. The van der Waals surface area contributed by atoms with Crippen LogP contribution in [0, 0.1) is 6.92 Å². The van der Waals surface area contributed by atoms with Crippen molar-refractivity contribution < 1.29 is 5.11 Å². The molecule has 0 aliphatic heterocycles. The zero-order valence-corrected chi connectivity index (χ0v) is 10.4. The minimum absolute atomic E-state index is 0.283. The van der Waals surface area contributed by atoms with Crippen molar-refractivity contribution in [1.82, 2.24) is 9.97 Å². The van der Waals surface area contributed by atoms with E-state index >= 15 is 0 Å². The van der Waals surface area contributed by atoms with Gasteiger partial charge in [-0.15, -0.1) is 0 Å². The number of nitrogens with zero attached hydrogens (tertiary/aromatic N) is 3. The molecule has 1 unspecified atom stereocenters. The van der Waals surface area contributed by atoms with Crippen molar-refractivity contribution in [2.24, 2.45) is 0 Å². The molecule has 0 aliphatic rings. The lowest BCUT2D eigenvalue weighted by atomic mass is 10.3. The van der Waals surface area contributed by atoms with E-state index in [1.165, 1.54) is 0 Å². The van der Waals surface area contributed by atoms with Crippen molar-refractivity contribution in [2.45, 2.75) is 26.4 Å². The number of aliphatic hydroxyl groups is 1. The van der Waals surface area contributed by atoms with Crippen molar-refractivity contribution in [3.05, 3.63) is 11.8 Å². The second-order valence-corrected chi connectivity index (χ2v) is 4.00. The largest absolute Gasteiger partial charge is 0.393 e. The summed E-state index contributed by atoms with van der Waals surface area (Å²) in [5.74, 6) is 1.50. The number of anilines is 2. The molecule has 1 atom stereocenters. The van der Waals surface area contributed by atoms with Crippen LogP contribution in [0.2, 0.25) is 0 Å². The molecule has 0 amide bonds. The van der Waals surface area contributed by atoms with Gasteiger partial charge in [-0.2, -0.15) is 4.98 Å².